The second kappa shape index (κ2) is 7.09. The minimum Gasteiger partial charge on any atom is -0.467 e. The maximum absolute atomic E-state index is 12.6. The van der Waals surface area contributed by atoms with Crippen molar-refractivity contribution in [3.05, 3.63) is 46.5 Å². The number of thiophene rings is 1. The molecule has 2 saturated heterocycles. The summed E-state index contributed by atoms with van der Waals surface area (Å²) in [6, 6.07) is 7.98. The lowest BCUT2D eigenvalue weighted by molar-refractivity contribution is -0.133. The Labute approximate surface area is 145 Å². The SMILES string of the molecule is O=C(NCc1ccco1)[C@@H]1COC[C@H]2CN(Cc3cccs3)C[C@H]21. The van der Waals surface area contributed by atoms with Crippen molar-refractivity contribution < 1.29 is 13.9 Å². The van der Waals surface area contributed by atoms with Crippen LogP contribution in [0.15, 0.2) is 40.3 Å². The quantitative estimate of drug-likeness (QED) is 0.903. The van der Waals surface area contributed by atoms with E-state index in [1.165, 1.54) is 4.88 Å². The zero-order valence-corrected chi connectivity index (χ0v) is 14.3. The molecule has 0 unspecified atom stereocenters. The third-order valence-corrected chi connectivity index (χ3v) is 5.89. The number of furan rings is 1. The number of likely N-dealkylation sites (tertiary alicyclic amines) is 1. The van der Waals surface area contributed by atoms with Crippen LogP contribution in [0.3, 0.4) is 0 Å². The van der Waals surface area contributed by atoms with Crippen LogP contribution in [0.5, 0.6) is 0 Å². The molecule has 128 valence electrons. The van der Waals surface area contributed by atoms with Gasteiger partial charge in [0.05, 0.1) is 31.9 Å². The third-order valence-electron chi connectivity index (χ3n) is 5.03. The van der Waals surface area contributed by atoms with Crippen LogP contribution in [0.25, 0.3) is 0 Å². The summed E-state index contributed by atoms with van der Waals surface area (Å²) in [6.07, 6.45) is 1.63. The topological polar surface area (TPSA) is 54.7 Å². The van der Waals surface area contributed by atoms with Gasteiger partial charge in [0.1, 0.15) is 5.76 Å². The first-order valence-electron chi connectivity index (χ1n) is 8.42. The van der Waals surface area contributed by atoms with Crippen LogP contribution in [0.2, 0.25) is 0 Å². The van der Waals surface area contributed by atoms with Gasteiger partial charge in [-0.15, -0.1) is 11.3 Å². The molecule has 2 aromatic rings. The van der Waals surface area contributed by atoms with Crippen LogP contribution in [0.1, 0.15) is 10.6 Å². The Hall–Kier alpha value is -1.63. The summed E-state index contributed by atoms with van der Waals surface area (Å²) < 4.78 is 11.0. The molecular weight excluding hydrogens is 324 g/mol. The van der Waals surface area contributed by atoms with E-state index in [1.54, 1.807) is 17.6 Å². The minimum absolute atomic E-state index is 0.0629. The molecule has 6 heteroatoms. The predicted octanol–water partition coefficient (Wildman–Crippen LogP) is 2.35. The molecule has 0 spiro atoms. The van der Waals surface area contributed by atoms with E-state index < -0.39 is 0 Å². The molecule has 2 aliphatic heterocycles. The molecule has 1 amide bonds. The summed E-state index contributed by atoms with van der Waals surface area (Å²) in [6.45, 7) is 4.71. The lowest BCUT2D eigenvalue weighted by Gasteiger charge is -2.31. The first-order chi connectivity index (χ1) is 11.8. The van der Waals surface area contributed by atoms with Gasteiger partial charge in [-0.25, -0.2) is 0 Å². The highest BCUT2D eigenvalue weighted by Crippen LogP contribution is 2.35. The summed E-state index contributed by atoms with van der Waals surface area (Å²) in [7, 11) is 0. The van der Waals surface area contributed by atoms with E-state index in [0.29, 0.717) is 25.0 Å². The van der Waals surface area contributed by atoms with Crippen molar-refractivity contribution >= 4 is 17.2 Å². The van der Waals surface area contributed by atoms with Gasteiger partial charge in [-0.2, -0.15) is 0 Å². The summed E-state index contributed by atoms with van der Waals surface area (Å²) in [5.41, 5.74) is 0. The van der Waals surface area contributed by atoms with Crippen LogP contribution in [-0.4, -0.2) is 37.1 Å². The van der Waals surface area contributed by atoms with Crippen LogP contribution < -0.4 is 5.32 Å². The Morgan fingerprint density at radius 1 is 1.29 bits per heavy atom. The number of nitrogens with one attached hydrogen (secondary N) is 1. The van der Waals surface area contributed by atoms with Gasteiger partial charge in [0, 0.05) is 24.5 Å². The summed E-state index contributed by atoms with van der Waals surface area (Å²) in [5.74, 6) is 1.64. The molecule has 0 aromatic carbocycles. The molecule has 4 heterocycles. The molecule has 0 saturated carbocycles. The Morgan fingerprint density at radius 3 is 3.04 bits per heavy atom. The second-order valence-electron chi connectivity index (χ2n) is 6.64. The van der Waals surface area contributed by atoms with Crippen molar-refractivity contribution in [3.63, 3.8) is 0 Å². The average molecular weight is 346 g/mol. The van der Waals surface area contributed by atoms with Crippen LogP contribution in [0.4, 0.5) is 0 Å². The van der Waals surface area contributed by atoms with E-state index in [9.17, 15) is 4.79 Å². The lowest BCUT2D eigenvalue weighted by Crippen LogP contribution is -2.44. The highest BCUT2D eigenvalue weighted by molar-refractivity contribution is 7.09. The molecule has 2 fully saturated rings. The van der Waals surface area contributed by atoms with E-state index in [4.69, 9.17) is 9.15 Å². The van der Waals surface area contributed by atoms with Gasteiger partial charge in [0.25, 0.3) is 0 Å². The van der Waals surface area contributed by atoms with Crippen molar-refractivity contribution in [1.29, 1.82) is 0 Å². The Balaban J connectivity index is 1.36. The van der Waals surface area contributed by atoms with Crippen molar-refractivity contribution in [1.82, 2.24) is 10.2 Å². The first kappa shape index (κ1) is 15.9. The van der Waals surface area contributed by atoms with E-state index >= 15 is 0 Å². The molecule has 1 N–H and O–H groups in total. The van der Waals surface area contributed by atoms with Gasteiger partial charge >= 0.3 is 0 Å². The normalized spacial score (nSPS) is 27.1. The smallest absolute Gasteiger partial charge is 0.226 e. The number of amides is 1. The van der Waals surface area contributed by atoms with Crippen molar-refractivity contribution in [2.24, 2.45) is 17.8 Å². The number of hydrogen-bond donors (Lipinski definition) is 1. The molecule has 5 nitrogen and oxygen atoms in total. The zero-order chi connectivity index (χ0) is 16.4. The molecule has 0 bridgehead atoms. The van der Waals surface area contributed by atoms with Crippen molar-refractivity contribution in [2.75, 3.05) is 26.3 Å². The van der Waals surface area contributed by atoms with Crippen LogP contribution in [0, 0.1) is 17.8 Å². The van der Waals surface area contributed by atoms with Crippen molar-refractivity contribution in [2.45, 2.75) is 13.1 Å². The van der Waals surface area contributed by atoms with E-state index in [-0.39, 0.29) is 11.8 Å². The van der Waals surface area contributed by atoms with Gasteiger partial charge in [-0.05, 0) is 35.4 Å². The predicted molar refractivity (Wildman–Crippen MR) is 91.4 cm³/mol. The molecule has 4 rings (SSSR count). The highest BCUT2D eigenvalue weighted by Gasteiger charge is 2.43. The zero-order valence-electron chi connectivity index (χ0n) is 13.5. The van der Waals surface area contributed by atoms with Gasteiger partial charge in [0.15, 0.2) is 0 Å². The van der Waals surface area contributed by atoms with Crippen molar-refractivity contribution in [3.8, 4) is 0 Å². The number of rotatable bonds is 5. The standard InChI is InChI=1S/C18H22N2O3S/c21-18(19-7-14-3-1-5-23-14)17-12-22-11-13-8-20(10-16(13)17)9-15-4-2-6-24-15/h1-6,13,16-17H,7-12H2,(H,19,21)/t13-,16-,17-/m1/s1. The van der Waals surface area contributed by atoms with Crippen LogP contribution in [-0.2, 0) is 22.6 Å². The fourth-order valence-electron chi connectivity index (χ4n) is 3.83. The molecule has 2 aliphatic rings. The maximum Gasteiger partial charge on any atom is 0.226 e. The van der Waals surface area contributed by atoms with Gasteiger partial charge < -0.3 is 14.5 Å². The molecule has 0 radical (unpaired) electrons. The van der Waals surface area contributed by atoms with E-state index in [2.05, 4.69) is 27.7 Å². The maximum atomic E-state index is 12.6. The number of hydrogen-bond acceptors (Lipinski definition) is 5. The van der Waals surface area contributed by atoms with Gasteiger partial charge in [-0.3, -0.25) is 9.69 Å². The lowest BCUT2D eigenvalue weighted by atomic mass is 9.82. The summed E-state index contributed by atoms with van der Waals surface area (Å²) >= 11 is 1.79. The highest BCUT2D eigenvalue weighted by atomic mass is 32.1. The van der Waals surface area contributed by atoms with E-state index in [1.807, 2.05) is 12.1 Å². The number of fused-ring (bicyclic) bond motifs is 1. The Bertz CT molecular complexity index is 656. The second-order valence-corrected chi connectivity index (χ2v) is 7.67. The number of carbonyl (C=O) groups is 1. The summed E-state index contributed by atoms with van der Waals surface area (Å²) in [5, 5.41) is 5.12. The van der Waals surface area contributed by atoms with E-state index in [0.717, 1.165) is 32.0 Å². The number of ether oxygens (including phenoxy) is 1. The fourth-order valence-corrected chi connectivity index (χ4v) is 4.58. The molecular formula is C18H22N2O3S. The minimum atomic E-state index is -0.0629. The Kier molecular flexibility index (Phi) is 4.69. The van der Waals surface area contributed by atoms with Crippen LogP contribution >= 0.6 is 11.3 Å². The largest absolute Gasteiger partial charge is 0.467 e. The molecule has 0 aliphatic carbocycles. The monoisotopic (exact) mass is 346 g/mol. The molecule has 2 aromatic heterocycles. The van der Waals surface area contributed by atoms with Gasteiger partial charge in [-0.1, -0.05) is 6.07 Å². The summed E-state index contributed by atoms with van der Waals surface area (Å²) in [4.78, 5) is 16.5. The molecule has 24 heavy (non-hydrogen) atoms. The van der Waals surface area contributed by atoms with Gasteiger partial charge in [0.2, 0.25) is 5.91 Å². The third kappa shape index (κ3) is 3.41. The molecule has 3 atom stereocenters. The fraction of sp³-hybridized carbons (Fsp3) is 0.500. The number of nitrogens with zero attached hydrogens (tertiary/aromatic N) is 1. The Morgan fingerprint density at radius 2 is 2.25 bits per heavy atom. The average Bonchev–Trinajstić information content (AvgIpc) is 3.33. The number of carbonyl (C=O) groups excluding carboxylic acids is 1. The first-order valence-corrected chi connectivity index (χ1v) is 9.30.